The Bertz CT molecular complexity index is 599. The Morgan fingerprint density at radius 1 is 1.45 bits per heavy atom. The van der Waals surface area contributed by atoms with Gasteiger partial charge in [-0.25, -0.2) is 4.79 Å². The van der Waals surface area contributed by atoms with Crippen molar-refractivity contribution >= 4 is 5.97 Å². The first-order valence-corrected chi connectivity index (χ1v) is 7.36. The van der Waals surface area contributed by atoms with E-state index in [1.54, 1.807) is 6.07 Å². The van der Waals surface area contributed by atoms with Crippen LogP contribution in [-0.2, 0) is 11.2 Å². The van der Waals surface area contributed by atoms with Crippen LogP contribution in [0, 0.1) is 0 Å². The minimum atomic E-state index is -0.978. The van der Waals surface area contributed by atoms with Gasteiger partial charge >= 0.3 is 5.97 Å². The number of phenols is 1. The van der Waals surface area contributed by atoms with Crippen LogP contribution in [0.4, 0.5) is 0 Å². The zero-order valence-electron chi connectivity index (χ0n) is 13.0. The van der Waals surface area contributed by atoms with Gasteiger partial charge < -0.3 is 20.1 Å². The molecule has 3 atom stereocenters. The molecule has 5 heteroatoms. The second-order valence-corrected chi connectivity index (χ2v) is 5.95. The standard InChI is InChI=1S/C17H22O5/c1-9(2)4-5-11-6-7-12(19)16-15(11)13(20)8-14(10(3)18)22-17(16)21/h4,6-7,10,13-14,18-20H,5,8H2,1-3H3/t10-,13+,14-/m1/s1. The van der Waals surface area contributed by atoms with Gasteiger partial charge in [0.1, 0.15) is 17.4 Å². The fourth-order valence-corrected chi connectivity index (χ4v) is 2.62. The molecule has 0 unspecified atom stereocenters. The highest BCUT2D eigenvalue weighted by atomic mass is 16.6. The van der Waals surface area contributed by atoms with Gasteiger partial charge in [0.2, 0.25) is 0 Å². The molecule has 5 nitrogen and oxygen atoms in total. The van der Waals surface area contributed by atoms with Crippen molar-refractivity contribution in [2.75, 3.05) is 0 Å². The summed E-state index contributed by atoms with van der Waals surface area (Å²) >= 11 is 0. The molecule has 0 saturated heterocycles. The van der Waals surface area contributed by atoms with E-state index in [2.05, 4.69) is 0 Å². The third-order valence-corrected chi connectivity index (χ3v) is 3.83. The monoisotopic (exact) mass is 306 g/mol. The van der Waals surface area contributed by atoms with E-state index < -0.39 is 24.3 Å². The van der Waals surface area contributed by atoms with Gasteiger partial charge in [0.15, 0.2) is 0 Å². The largest absolute Gasteiger partial charge is 0.507 e. The van der Waals surface area contributed by atoms with Crippen LogP contribution in [0.5, 0.6) is 5.75 Å². The molecule has 0 aromatic heterocycles. The minimum Gasteiger partial charge on any atom is -0.507 e. The van der Waals surface area contributed by atoms with Crippen molar-refractivity contribution in [1.29, 1.82) is 0 Å². The smallest absolute Gasteiger partial charge is 0.342 e. The molecule has 2 rings (SSSR count). The maximum atomic E-state index is 12.3. The number of rotatable bonds is 3. The zero-order chi connectivity index (χ0) is 16.4. The number of aromatic hydroxyl groups is 1. The molecule has 1 aliphatic heterocycles. The van der Waals surface area contributed by atoms with Crippen molar-refractivity contribution in [3.05, 3.63) is 40.5 Å². The number of aliphatic hydroxyl groups excluding tert-OH is 2. The third kappa shape index (κ3) is 3.31. The van der Waals surface area contributed by atoms with Crippen molar-refractivity contribution in [2.45, 2.75) is 51.9 Å². The van der Waals surface area contributed by atoms with Crippen molar-refractivity contribution in [3.8, 4) is 5.75 Å². The van der Waals surface area contributed by atoms with Crippen LogP contribution < -0.4 is 0 Å². The van der Waals surface area contributed by atoms with Crippen LogP contribution in [0.3, 0.4) is 0 Å². The first-order valence-electron chi connectivity index (χ1n) is 7.36. The number of carbonyl (C=O) groups is 1. The number of hydrogen-bond acceptors (Lipinski definition) is 5. The summed E-state index contributed by atoms with van der Waals surface area (Å²) in [5.74, 6) is -0.930. The summed E-state index contributed by atoms with van der Waals surface area (Å²) in [6.45, 7) is 5.44. The van der Waals surface area contributed by atoms with E-state index in [0.717, 1.165) is 11.1 Å². The van der Waals surface area contributed by atoms with Gasteiger partial charge in [-0.2, -0.15) is 0 Å². The average Bonchev–Trinajstić information content (AvgIpc) is 2.56. The zero-order valence-corrected chi connectivity index (χ0v) is 13.0. The highest BCUT2D eigenvalue weighted by molar-refractivity contribution is 5.95. The minimum absolute atomic E-state index is 0.00435. The molecule has 0 spiro atoms. The number of phenolic OH excluding ortho intramolecular Hbond substituents is 1. The number of esters is 1. The number of carbonyl (C=O) groups excluding carboxylic acids is 1. The van der Waals surface area contributed by atoms with Gasteiger partial charge in [-0.05, 0) is 38.8 Å². The van der Waals surface area contributed by atoms with Gasteiger partial charge in [0, 0.05) is 12.0 Å². The van der Waals surface area contributed by atoms with Gasteiger partial charge in [0.05, 0.1) is 12.2 Å². The summed E-state index contributed by atoms with van der Waals surface area (Å²) in [7, 11) is 0. The van der Waals surface area contributed by atoms with E-state index in [1.807, 2.05) is 19.9 Å². The molecular weight excluding hydrogens is 284 g/mol. The molecule has 0 amide bonds. The van der Waals surface area contributed by atoms with Crippen molar-refractivity contribution < 1.29 is 24.9 Å². The topological polar surface area (TPSA) is 87.0 Å². The Kier molecular flexibility index (Phi) is 4.88. The maximum Gasteiger partial charge on any atom is 0.342 e. The predicted molar refractivity (Wildman–Crippen MR) is 81.7 cm³/mol. The number of allylic oxidation sites excluding steroid dienone is 2. The van der Waals surface area contributed by atoms with E-state index >= 15 is 0 Å². The van der Waals surface area contributed by atoms with E-state index in [4.69, 9.17) is 4.74 Å². The normalized spacial score (nSPS) is 22.3. The highest BCUT2D eigenvalue weighted by Crippen LogP contribution is 2.36. The Labute approximate surface area is 129 Å². The molecule has 1 aromatic rings. The lowest BCUT2D eigenvalue weighted by atomic mass is 9.91. The first kappa shape index (κ1) is 16.5. The summed E-state index contributed by atoms with van der Waals surface area (Å²) < 4.78 is 5.21. The number of benzene rings is 1. The summed E-state index contributed by atoms with van der Waals surface area (Å²) in [5.41, 5.74) is 2.28. The number of fused-ring (bicyclic) bond motifs is 1. The molecule has 120 valence electrons. The van der Waals surface area contributed by atoms with Crippen LogP contribution in [-0.4, -0.2) is 33.5 Å². The number of ether oxygens (including phenoxy) is 1. The summed E-state index contributed by atoms with van der Waals surface area (Å²) in [6, 6.07) is 3.14. The summed E-state index contributed by atoms with van der Waals surface area (Å²) in [5, 5.41) is 30.2. The van der Waals surface area contributed by atoms with Crippen LogP contribution in [0.2, 0.25) is 0 Å². The molecule has 1 aliphatic rings. The molecular formula is C17H22O5. The van der Waals surface area contributed by atoms with E-state index in [9.17, 15) is 20.1 Å². The van der Waals surface area contributed by atoms with E-state index in [-0.39, 0.29) is 17.7 Å². The number of cyclic esters (lactones) is 1. The molecule has 0 saturated carbocycles. The predicted octanol–water partition coefficient (Wildman–Crippen LogP) is 2.24. The summed E-state index contributed by atoms with van der Waals surface area (Å²) in [6.07, 6.45) is -0.0338. The quantitative estimate of drug-likeness (QED) is 0.589. The number of hydrogen-bond donors (Lipinski definition) is 3. The van der Waals surface area contributed by atoms with E-state index in [1.165, 1.54) is 13.0 Å². The van der Waals surface area contributed by atoms with Gasteiger partial charge in [-0.1, -0.05) is 17.7 Å². The van der Waals surface area contributed by atoms with E-state index in [0.29, 0.717) is 12.0 Å². The second kappa shape index (κ2) is 6.50. The Morgan fingerprint density at radius 2 is 2.14 bits per heavy atom. The van der Waals surface area contributed by atoms with Crippen LogP contribution >= 0.6 is 0 Å². The van der Waals surface area contributed by atoms with Crippen molar-refractivity contribution in [3.63, 3.8) is 0 Å². The average molecular weight is 306 g/mol. The van der Waals surface area contributed by atoms with Gasteiger partial charge in [0.25, 0.3) is 0 Å². The second-order valence-electron chi connectivity index (χ2n) is 5.95. The Morgan fingerprint density at radius 3 is 2.73 bits per heavy atom. The maximum absolute atomic E-state index is 12.3. The summed E-state index contributed by atoms with van der Waals surface area (Å²) in [4.78, 5) is 12.3. The Balaban J connectivity index is 2.52. The first-order chi connectivity index (χ1) is 10.3. The van der Waals surface area contributed by atoms with Crippen molar-refractivity contribution in [1.82, 2.24) is 0 Å². The van der Waals surface area contributed by atoms with Crippen LogP contribution in [0.15, 0.2) is 23.8 Å². The SMILES string of the molecule is CC(C)=CCc1ccc(O)c2c1[C@@H](O)C[C@H]([C@@H](C)O)OC2=O. The number of aliphatic hydroxyl groups is 2. The van der Waals surface area contributed by atoms with Crippen LogP contribution in [0.1, 0.15) is 54.8 Å². The lowest BCUT2D eigenvalue weighted by Crippen LogP contribution is -2.28. The molecule has 1 aromatic carbocycles. The lowest BCUT2D eigenvalue weighted by Gasteiger charge is -2.19. The third-order valence-electron chi connectivity index (χ3n) is 3.83. The molecule has 0 radical (unpaired) electrons. The fourth-order valence-electron chi connectivity index (χ4n) is 2.62. The molecule has 0 bridgehead atoms. The molecule has 0 aliphatic carbocycles. The lowest BCUT2D eigenvalue weighted by molar-refractivity contribution is -0.0268. The molecule has 3 N–H and O–H groups in total. The van der Waals surface area contributed by atoms with Crippen molar-refractivity contribution in [2.24, 2.45) is 0 Å². The molecule has 22 heavy (non-hydrogen) atoms. The molecule has 0 fully saturated rings. The Hall–Kier alpha value is -1.85. The van der Waals surface area contributed by atoms with Gasteiger partial charge in [-0.3, -0.25) is 0 Å². The molecule has 1 heterocycles. The highest BCUT2D eigenvalue weighted by Gasteiger charge is 2.34. The fraction of sp³-hybridized carbons (Fsp3) is 0.471. The van der Waals surface area contributed by atoms with Gasteiger partial charge in [-0.15, -0.1) is 0 Å². The van der Waals surface area contributed by atoms with Crippen LogP contribution in [0.25, 0.3) is 0 Å².